The Hall–Kier alpha value is -3.76. The number of nitrogens with one attached hydrogen (secondary N) is 2. The number of amides is 2. The number of fused-ring (bicyclic) bond motifs is 3. The van der Waals surface area contributed by atoms with E-state index in [-0.39, 0.29) is 29.7 Å². The van der Waals surface area contributed by atoms with Gasteiger partial charge >= 0.3 is 12.1 Å². The van der Waals surface area contributed by atoms with Crippen molar-refractivity contribution in [1.29, 1.82) is 0 Å². The average Bonchev–Trinajstić information content (AvgIpc) is 3.53. The third kappa shape index (κ3) is 4.38. The molecule has 1 saturated heterocycles. The zero-order valence-corrected chi connectivity index (χ0v) is 19.6. The minimum Gasteiger partial charge on any atom is -0.478 e. The van der Waals surface area contributed by atoms with E-state index in [1.807, 2.05) is 36.4 Å². The highest BCUT2D eigenvalue weighted by atomic mass is 32.1. The number of aromatic nitrogens is 1. The Labute approximate surface area is 205 Å². The molecule has 2 aromatic carbocycles. The topological polar surface area (TPSA) is 127 Å². The quantitative estimate of drug-likeness (QED) is 0.477. The number of aromatic carboxylic acids is 1. The van der Waals surface area contributed by atoms with Crippen LogP contribution < -0.4 is 10.6 Å². The molecule has 5 rings (SSSR count). The van der Waals surface area contributed by atoms with Crippen molar-refractivity contribution >= 4 is 34.5 Å². The summed E-state index contributed by atoms with van der Waals surface area (Å²) in [5.74, 6) is -1.79. The molecule has 1 aliphatic carbocycles. The van der Waals surface area contributed by atoms with Gasteiger partial charge < -0.3 is 25.2 Å². The largest absolute Gasteiger partial charge is 0.478 e. The molecule has 1 aromatic heterocycles. The maximum atomic E-state index is 12.8. The first kappa shape index (κ1) is 23.0. The lowest BCUT2D eigenvalue weighted by Crippen LogP contribution is -2.46. The lowest BCUT2D eigenvalue weighted by atomic mass is 9.98. The van der Waals surface area contributed by atoms with E-state index in [0.29, 0.717) is 12.1 Å². The molecule has 1 aliphatic heterocycles. The summed E-state index contributed by atoms with van der Waals surface area (Å²) >= 11 is 0.887. The lowest BCUT2D eigenvalue weighted by molar-refractivity contribution is -0.125. The predicted molar refractivity (Wildman–Crippen MR) is 129 cm³/mol. The standard InChI is InChI=1S/C25H23N3O6S/c1-13-20(24(30)31)23(35-28-13)27-22(29)21-19(10-11-33-21)26-25(32)34-12-18-16-8-4-2-6-14(16)15-7-3-5-9-17(15)18/h2-9,18-19,21H,10-12H2,1H3,(H,26,32)(H,27,29)(H,30,31)/t19-,21+/m0/s1. The monoisotopic (exact) mass is 493 g/mol. The normalized spacial score (nSPS) is 18.5. The first-order chi connectivity index (χ1) is 16.9. The van der Waals surface area contributed by atoms with Gasteiger partial charge in [-0.2, -0.15) is 4.37 Å². The molecule has 1 fully saturated rings. The summed E-state index contributed by atoms with van der Waals surface area (Å²) < 4.78 is 15.1. The molecule has 3 N–H and O–H groups in total. The first-order valence-corrected chi connectivity index (χ1v) is 11.9. The number of hydrogen-bond acceptors (Lipinski definition) is 7. The van der Waals surface area contributed by atoms with Crippen molar-refractivity contribution in [3.8, 4) is 11.1 Å². The molecule has 3 aromatic rings. The van der Waals surface area contributed by atoms with Crippen LogP contribution in [-0.4, -0.2) is 52.8 Å². The van der Waals surface area contributed by atoms with Gasteiger partial charge in [-0.3, -0.25) is 4.79 Å². The summed E-state index contributed by atoms with van der Waals surface area (Å²) in [5.41, 5.74) is 4.75. The molecule has 10 heteroatoms. The molecular weight excluding hydrogens is 470 g/mol. The van der Waals surface area contributed by atoms with Gasteiger partial charge in [0.05, 0.1) is 11.7 Å². The number of benzene rings is 2. The molecule has 0 radical (unpaired) electrons. The Morgan fingerprint density at radius 2 is 1.77 bits per heavy atom. The molecule has 2 atom stereocenters. The fourth-order valence-corrected chi connectivity index (χ4v) is 5.47. The van der Waals surface area contributed by atoms with Crippen LogP contribution in [0.4, 0.5) is 9.80 Å². The number of ether oxygens (including phenoxy) is 2. The fourth-order valence-electron chi connectivity index (χ4n) is 4.68. The van der Waals surface area contributed by atoms with Crippen molar-refractivity contribution in [2.24, 2.45) is 0 Å². The second kappa shape index (κ2) is 9.47. The number of carbonyl (C=O) groups excluding carboxylic acids is 2. The van der Waals surface area contributed by atoms with Gasteiger partial charge in [0, 0.05) is 12.5 Å². The van der Waals surface area contributed by atoms with Crippen LogP contribution in [0.1, 0.15) is 39.5 Å². The summed E-state index contributed by atoms with van der Waals surface area (Å²) in [6.07, 6.45) is -1.19. The molecule has 35 heavy (non-hydrogen) atoms. The van der Waals surface area contributed by atoms with E-state index in [1.54, 1.807) is 6.92 Å². The van der Waals surface area contributed by atoms with Crippen molar-refractivity contribution in [2.45, 2.75) is 31.4 Å². The number of hydrogen-bond donors (Lipinski definition) is 3. The van der Waals surface area contributed by atoms with E-state index in [2.05, 4.69) is 27.1 Å². The van der Waals surface area contributed by atoms with Crippen molar-refractivity contribution in [3.05, 3.63) is 70.9 Å². The van der Waals surface area contributed by atoms with Crippen LogP contribution in [0.5, 0.6) is 0 Å². The van der Waals surface area contributed by atoms with Gasteiger partial charge in [0.25, 0.3) is 5.91 Å². The Morgan fingerprint density at radius 1 is 1.11 bits per heavy atom. The molecule has 9 nitrogen and oxygen atoms in total. The molecule has 0 saturated carbocycles. The van der Waals surface area contributed by atoms with Crippen LogP contribution in [-0.2, 0) is 14.3 Å². The van der Waals surface area contributed by atoms with Gasteiger partial charge in [0.2, 0.25) is 0 Å². The Kier molecular flexibility index (Phi) is 6.23. The number of nitrogens with zero attached hydrogens (tertiary/aromatic N) is 1. The van der Waals surface area contributed by atoms with Crippen LogP contribution in [0.2, 0.25) is 0 Å². The zero-order valence-electron chi connectivity index (χ0n) is 18.8. The lowest BCUT2D eigenvalue weighted by Gasteiger charge is -2.20. The van der Waals surface area contributed by atoms with Crippen molar-refractivity contribution in [1.82, 2.24) is 9.69 Å². The maximum absolute atomic E-state index is 12.8. The number of rotatable bonds is 6. The molecule has 2 heterocycles. The van der Waals surface area contributed by atoms with E-state index in [0.717, 1.165) is 33.8 Å². The summed E-state index contributed by atoms with van der Waals surface area (Å²) in [4.78, 5) is 36.9. The number of aryl methyl sites for hydroxylation is 1. The zero-order chi connectivity index (χ0) is 24.5. The number of carboxylic acids is 1. The highest BCUT2D eigenvalue weighted by molar-refractivity contribution is 7.11. The van der Waals surface area contributed by atoms with Gasteiger partial charge in [-0.05, 0) is 47.1 Å². The van der Waals surface area contributed by atoms with Crippen LogP contribution in [0.3, 0.4) is 0 Å². The van der Waals surface area contributed by atoms with Crippen LogP contribution >= 0.6 is 11.5 Å². The van der Waals surface area contributed by atoms with E-state index in [4.69, 9.17) is 9.47 Å². The number of alkyl carbamates (subject to hydrolysis) is 1. The Morgan fingerprint density at radius 3 is 2.43 bits per heavy atom. The van der Waals surface area contributed by atoms with Gasteiger partial charge in [0.15, 0.2) is 6.10 Å². The number of carbonyl (C=O) groups is 3. The molecule has 0 bridgehead atoms. The van der Waals surface area contributed by atoms with Crippen LogP contribution in [0.15, 0.2) is 48.5 Å². The van der Waals surface area contributed by atoms with E-state index < -0.39 is 30.1 Å². The molecule has 180 valence electrons. The second-order valence-electron chi connectivity index (χ2n) is 8.42. The third-order valence-electron chi connectivity index (χ3n) is 6.31. The highest BCUT2D eigenvalue weighted by Crippen LogP contribution is 2.44. The van der Waals surface area contributed by atoms with E-state index in [1.165, 1.54) is 0 Å². The summed E-state index contributed by atoms with van der Waals surface area (Å²) in [6.45, 7) is 2.00. The molecular formula is C25H23N3O6S. The SMILES string of the molecule is Cc1nsc(NC(=O)[C@@H]2OCC[C@@H]2NC(=O)OCC2c3ccccc3-c3ccccc32)c1C(=O)O. The van der Waals surface area contributed by atoms with Crippen LogP contribution in [0.25, 0.3) is 11.1 Å². The van der Waals surface area contributed by atoms with E-state index in [9.17, 15) is 19.5 Å². The minimum atomic E-state index is -1.17. The number of anilines is 1. The smallest absolute Gasteiger partial charge is 0.407 e. The summed E-state index contributed by atoms with van der Waals surface area (Å²) in [6, 6.07) is 15.5. The molecule has 2 aliphatic rings. The van der Waals surface area contributed by atoms with Gasteiger partial charge in [0.1, 0.15) is 17.2 Å². The first-order valence-electron chi connectivity index (χ1n) is 11.2. The summed E-state index contributed by atoms with van der Waals surface area (Å²) in [7, 11) is 0. The minimum absolute atomic E-state index is 0.0533. The van der Waals surface area contributed by atoms with Crippen molar-refractivity contribution < 1.29 is 29.0 Å². The van der Waals surface area contributed by atoms with Crippen molar-refractivity contribution in [2.75, 3.05) is 18.5 Å². The van der Waals surface area contributed by atoms with E-state index >= 15 is 0 Å². The molecule has 0 spiro atoms. The van der Waals surface area contributed by atoms with Gasteiger partial charge in [-0.1, -0.05) is 48.5 Å². The fraction of sp³-hybridized carbons (Fsp3) is 0.280. The summed E-state index contributed by atoms with van der Waals surface area (Å²) in [5, 5.41) is 14.8. The maximum Gasteiger partial charge on any atom is 0.407 e. The van der Waals surface area contributed by atoms with Gasteiger partial charge in [-0.15, -0.1) is 0 Å². The highest BCUT2D eigenvalue weighted by Gasteiger charge is 2.37. The van der Waals surface area contributed by atoms with Gasteiger partial charge in [-0.25, -0.2) is 9.59 Å². The predicted octanol–water partition coefficient (Wildman–Crippen LogP) is 3.78. The molecule has 2 amide bonds. The average molecular weight is 494 g/mol. The van der Waals surface area contributed by atoms with Crippen LogP contribution in [0, 0.1) is 6.92 Å². The third-order valence-corrected chi connectivity index (χ3v) is 7.16. The second-order valence-corrected chi connectivity index (χ2v) is 9.20. The number of carboxylic acid groups (broad SMARTS) is 1. The molecule has 0 unspecified atom stereocenters. The Balaban J connectivity index is 1.22. The Bertz CT molecular complexity index is 1260. The van der Waals surface area contributed by atoms with Crippen molar-refractivity contribution in [3.63, 3.8) is 0 Å².